The van der Waals surface area contributed by atoms with Crippen molar-refractivity contribution >= 4 is 5.91 Å². The van der Waals surface area contributed by atoms with Gasteiger partial charge in [0.2, 0.25) is 11.8 Å². The number of amides is 1. The Morgan fingerprint density at radius 1 is 1.67 bits per heavy atom. The SMILES string of the molecule is Cc1cnc(CNC(=O)C2NCCCC2(C)C)o1. The Balaban J connectivity index is 1.91. The van der Waals surface area contributed by atoms with Crippen molar-refractivity contribution in [2.45, 2.75) is 46.2 Å². The molecule has 0 bridgehead atoms. The lowest BCUT2D eigenvalue weighted by Gasteiger charge is -2.38. The van der Waals surface area contributed by atoms with Gasteiger partial charge in [0.25, 0.3) is 0 Å². The molecule has 2 N–H and O–H groups in total. The first-order valence-electron chi connectivity index (χ1n) is 6.41. The van der Waals surface area contributed by atoms with Crippen molar-refractivity contribution in [3.63, 3.8) is 0 Å². The van der Waals surface area contributed by atoms with E-state index in [0.29, 0.717) is 12.4 Å². The molecule has 100 valence electrons. The molecule has 18 heavy (non-hydrogen) atoms. The Kier molecular flexibility index (Phi) is 3.71. The van der Waals surface area contributed by atoms with Gasteiger partial charge < -0.3 is 15.1 Å². The van der Waals surface area contributed by atoms with Crippen molar-refractivity contribution in [3.05, 3.63) is 17.8 Å². The van der Waals surface area contributed by atoms with Crippen LogP contribution in [-0.2, 0) is 11.3 Å². The monoisotopic (exact) mass is 251 g/mol. The lowest BCUT2D eigenvalue weighted by molar-refractivity contribution is -0.127. The molecule has 1 atom stereocenters. The highest BCUT2D eigenvalue weighted by Gasteiger charge is 2.36. The van der Waals surface area contributed by atoms with Crippen molar-refractivity contribution in [2.24, 2.45) is 5.41 Å². The minimum Gasteiger partial charge on any atom is -0.444 e. The number of rotatable bonds is 3. The van der Waals surface area contributed by atoms with Crippen LogP contribution in [0.2, 0.25) is 0 Å². The molecule has 1 aliphatic heterocycles. The van der Waals surface area contributed by atoms with E-state index in [2.05, 4.69) is 29.5 Å². The average Bonchev–Trinajstić information content (AvgIpc) is 2.71. The molecule has 0 spiro atoms. The minimum atomic E-state index is -0.137. The number of nitrogens with one attached hydrogen (secondary N) is 2. The van der Waals surface area contributed by atoms with Crippen LogP contribution >= 0.6 is 0 Å². The number of hydrogen-bond acceptors (Lipinski definition) is 4. The first-order valence-corrected chi connectivity index (χ1v) is 6.41. The Morgan fingerprint density at radius 2 is 2.44 bits per heavy atom. The molecule has 1 amide bonds. The van der Waals surface area contributed by atoms with Gasteiger partial charge in [-0.05, 0) is 31.7 Å². The Hall–Kier alpha value is -1.36. The van der Waals surface area contributed by atoms with Gasteiger partial charge >= 0.3 is 0 Å². The van der Waals surface area contributed by atoms with E-state index in [1.807, 2.05) is 6.92 Å². The fraction of sp³-hybridized carbons (Fsp3) is 0.692. The number of nitrogens with zero attached hydrogens (tertiary/aromatic N) is 1. The van der Waals surface area contributed by atoms with Crippen LogP contribution in [0.1, 0.15) is 38.3 Å². The van der Waals surface area contributed by atoms with Crippen LogP contribution in [0.3, 0.4) is 0 Å². The van der Waals surface area contributed by atoms with Crippen LogP contribution in [0.25, 0.3) is 0 Å². The first kappa shape index (κ1) is 13.1. The number of aryl methyl sites for hydroxylation is 1. The first-order chi connectivity index (χ1) is 8.49. The molecule has 2 heterocycles. The van der Waals surface area contributed by atoms with E-state index in [0.717, 1.165) is 25.1 Å². The number of carbonyl (C=O) groups is 1. The van der Waals surface area contributed by atoms with Gasteiger partial charge in [-0.3, -0.25) is 4.79 Å². The van der Waals surface area contributed by atoms with Crippen LogP contribution < -0.4 is 10.6 Å². The zero-order valence-electron chi connectivity index (χ0n) is 11.2. The quantitative estimate of drug-likeness (QED) is 0.851. The molecule has 5 heteroatoms. The molecule has 1 aromatic rings. The normalized spacial score (nSPS) is 22.7. The Morgan fingerprint density at radius 3 is 3.06 bits per heavy atom. The average molecular weight is 251 g/mol. The highest BCUT2D eigenvalue weighted by Crippen LogP contribution is 2.30. The maximum atomic E-state index is 12.2. The van der Waals surface area contributed by atoms with Gasteiger partial charge in [0, 0.05) is 0 Å². The third kappa shape index (κ3) is 2.90. The smallest absolute Gasteiger partial charge is 0.238 e. The van der Waals surface area contributed by atoms with Gasteiger partial charge in [-0.25, -0.2) is 4.98 Å². The molecule has 1 unspecified atom stereocenters. The molecule has 2 rings (SSSR count). The summed E-state index contributed by atoms with van der Waals surface area (Å²) in [5.41, 5.74) is -0.00512. The highest BCUT2D eigenvalue weighted by molar-refractivity contribution is 5.82. The molecule has 0 radical (unpaired) electrons. The van der Waals surface area contributed by atoms with Crippen molar-refractivity contribution in [1.82, 2.24) is 15.6 Å². The highest BCUT2D eigenvalue weighted by atomic mass is 16.4. The fourth-order valence-corrected chi connectivity index (χ4v) is 2.41. The maximum absolute atomic E-state index is 12.2. The molecule has 1 saturated heterocycles. The largest absolute Gasteiger partial charge is 0.444 e. The van der Waals surface area contributed by atoms with Crippen molar-refractivity contribution < 1.29 is 9.21 Å². The Bertz CT molecular complexity index is 426. The summed E-state index contributed by atoms with van der Waals surface area (Å²) in [7, 11) is 0. The van der Waals surface area contributed by atoms with E-state index in [1.54, 1.807) is 6.20 Å². The van der Waals surface area contributed by atoms with E-state index < -0.39 is 0 Å². The van der Waals surface area contributed by atoms with E-state index in [1.165, 1.54) is 0 Å². The molecule has 5 nitrogen and oxygen atoms in total. The zero-order chi connectivity index (χ0) is 13.2. The van der Waals surface area contributed by atoms with E-state index in [4.69, 9.17) is 4.42 Å². The van der Waals surface area contributed by atoms with Gasteiger partial charge in [-0.1, -0.05) is 13.8 Å². The summed E-state index contributed by atoms with van der Waals surface area (Å²) in [6, 6.07) is -0.137. The number of hydrogen-bond donors (Lipinski definition) is 2. The minimum absolute atomic E-state index is 0.00512. The van der Waals surface area contributed by atoms with Crippen LogP contribution in [0.15, 0.2) is 10.6 Å². The molecule has 0 saturated carbocycles. The second kappa shape index (κ2) is 5.10. The van der Waals surface area contributed by atoms with Gasteiger partial charge in [-0.2, -0.15) is 0 Å². The molecule has 1 fully saturated rings. The molecular formula is C13H21N3O2. The molecule has 1 aromatic heterocycles. The van der Waals surface area contributed by atoms with Crippen LogP contribution in [0, 0.1) is 12.3 Å². The second-order valence-electron chi connectivity index (χ2n) is 5.56. The lowest BCUT2D eigenvalue weighted by atomic mass is 9.77. The Labute approximate surface area is 107 Å². The second-order valence-corrected chi connectivity index (χ2v) is 5.56. The standard InChI is InChI=1S/C13H21N3O2/c1-9-7-15-10(18-9)8-16-12(17)11-13(2,3)5-4-6-14-11/h7,11,14H,4-6,8H2,1-3H3,(H,16,17). The topological polar surface area (TPSA) is 67.2 Å². The van der Waals surface area contributed by atoms with Crippen LogP contribution in [-0.4, -0.2) is 23.5 Å². The predicted octanol–water partition coefficient (Wildman–Crippen LogP) is 1.38. The summed E-state index contributed by atoms with van der Waals surface area (Å²) in [5.74, 6) is 1.33. The summed E-state index contributed by atoms with van der Waals surface area (Å²) in [4.78, 5) is 16.2. The summed E-state index contributed by atoms with van der Waals surface area (Å²) >= 11 is 0. The summed E-state index contributed by atoms with van der Waals surface area (Å²) in [6.07, 6.45) is 3.84. The predicted molar refractivity (Wildman–Crippen MR) is 67.9 cm³/mol. The zero-order valence-corrected chi connectivity index (χ0v) is 11.2. The van der Waals surface area contributed by atoms with Gasteiger partial charge in [0.15, 0.2) is 0 Å². The number of oxazole rings is 1. The van der Waals surface area contributed by atoms with E-state index in [-0.39, 0.29) is 17.4 Å². The van der Waals surface area contributed by atoms with Crippen molar-refractivity contribution in [2.75, 3.05) is 6.54 Å². The van der Waals surface area contributed by atoms with E-state index in [9.17, 15) is 4.79 Å². The van der Waals surface area contributed by atoms with Crippen molar-refractivity contribution in [3.8, 4) is 0 Å². The van der Waals surface area contributed by atoms with Crippen molar-refractivity contribution in [1.29, 1.82) is 0 Å². The number of aromatic nitrogens is 1. The van der Waals surface area contributed by atoms with Gasteiger partial charge in [0.05, 0.1) is 18.8 Å². The lowest BCUT2D eigenvalue weighted by Crippen LogP contribution is -2.55. The van der Waals surface area contributed by atoms with E-state index >= 15 is 0 Å². The maximum Gasteiger partial charge on any atom is 0.238 e. The summed E-state index contributed by atoms with van der Waals surface area (Å²) in [6.45, 7) is 7.34. The third-order valence-electron chi connectivity index (χ3n) is 3.47. The fourth-order valence-electron chi connectivity index (χ4n) is 2.41. The van der Waals surface area contributed by atoms with Gasteiger partial charge in [-0.15, -0.1) is 0 Å². The summed E-state index contributed by atoms with van der Waals surface area (Å²) in [5, 5.41) is 6.17. The molecule has 1 aliphatic rings. The summed E-state index contributed by atoms with van der Waals surface area (Å²) < 4.78 is 5.33. The third-order valence-corrected chi connectivity index (χ3v) is 3.47. The molecule has 0 aliphatic carbocycles. The molecule has 0 aromatic carbocycles. The number of carbonyl (C=O) groups excluding carboxylic acids is 1. The number of piperidine rings is 1. The van der Waals surface area contributed by atoms with Crippen LogP contribution in [0.5, 0.6) is 0 Å². The van der Waals surface area contributed by atoms with Gasteiger partial charge in [0.1, 0.15) is 5.76 Å². The van der Waals surface area contributed by atoms with Crippen LogP contribution in [0.4, 0.5) is 0 Å². The molecular weight excluding hydrogens is 230 g/mol.